The molecule has 2 aliphatic heterocycles. The number of hydrogen-bond donors (Lipinski definition) is 0. The molecule has 3 heterocycles. The lowest BCUT2D eigenvalue weighted by Gasteiger charge is -2.33. The van der Waals surface area contributed by atoms with E-state index in [0.29, 0.717) is 19.8 Å². The van der Waals surface area contributed by atoms with Crippen LogP contribution in [0.4, 0.5) is 5.82 Å². The first kappa shape index (κ1) is 17.1. The van der Waals surface area contributed by atoms with Crippen LogP contribution in [0.2, 0.25) is 0 Å². The average molecular weight is 356 g/mol. The fourth-order valence-electron chi connectivity index (χ4n) is 3.37. The summed E-state index contributed by atoms with van der Waals surface area (Å²) in [6.07, 6.45) is 3.37. The maximum Gasteiger partial charge on any atom is 0.161 e. The van der Waals surface area contributed by atoms with E-state index < -0.39 is 0 Å². The third kappa shape index (κ3) is 3.59. The number of aromatic nitrogens is 2. The summed E-state index contributed by atoms with van der Waals surface area (Å²) in [5.41, 5.74) is 2.10. The Balaban J connectivity index is 1.47. The Morgan fingerprint density at radius 2 is 1.88 bits per heavy atom. The lowest BCUT2D eigenvalue weighted by Crippen LogP contribution is -2.38. The molecule has 0 saturated carbocycles. The molecule has 26 heavy (non-hydrogen) atoms. The van der Waals surface area contributed by atoms with Gasteiger partial charge in [0.05, 0.1) is 6.61 Å². The van der Waals surface area contributed by atoms with Crippen LogP contribution in [0, 0.1) is 0 Å². The minimum absolute atomic E-state index is 0.0768. The van der Waals surface area contributed by atoms with Gasteiger partial charge in [0.2, 0.25) is 0 Å². The van der Waals surface area contributed by atoms with E-state index in [1.54, 1.807) is 12.4 Å². The fraction of sp³-hybridized carbons (Fsp3) is 0.474. The van der Waals surface area contributed by atoms with Crippen LogP contribution in [-0.2, 0) is 11.3 Å². The molecule has 0 amide bonds. The number of benzene rings is 1. The van der Waals surface area contributed by atoms with E-state index in [1.807, 2.05) is 25.1 Å². The second kappa shape index (κ2) is 7.47. The third-order valence-corrected chi connectivity index (χ3v) is 4.60. The molecule has 0 aliphatic carbocycles. The number of morpholine rings is 1. The molecule has 138 valence electrons. The van der Waals surface area contributed by atoms with E-state index >= 15 is 0 Å². The monoisotopic (exact) mass is 356 g/mol. The molecule has 1 saturated heterocycles. The van der Waals surface area contributed by atoms with Crippen molar-refractivity contribution in [1.82, 2.24) is 14.9 Å². The van der Waals surface area contributed by atoms with Gasteiger partial charge >= 0.3 is 0 Å². The molecule has 1 atom stereocenters. The van der Waals surface area contributed by atoms with Crippen LogP contribution in [0.5, 0.6) is 11.5 Å². The van der Waals surface area contributed by atoms with E-state index in [4.69, 9.17) is 14.2 Å². The fourth-order valence-corrected chi connectivity index (χ4v) is 3.37. The zero-order valence-electron chi connectivity index (χ0n) is 15.2. The van der Waals surface area contributed by atoms with Crippen molar-refractivity contribution in [3.63, 3.8) is 0 Å². The van der Waals surface area contributed by atoms with Gasteiger partial charge in [-0.25, -0.2) is 4.98 Å². The minimum atomic E-state index is -0.0768. The molecule has 0 radical (unpaired) electrons. The Hall–Kier alpha value is -2.38. The van der Waals surface area contributed by atoms with Crippen molar-refractivity contribution < 1.29 is 14.2 Å². The normalized spacial score (nSPS) is 20.0. The first-order valence-corrected chi connectivity index (χ1v) is 8.91. The summed E-state index contributed by atoms with van der Waals surface area (Å²) in [5.74, 6) is 2.52. The van der Waals surface area contributed by atoms with Gasteiger partial charge in [-0.1, -0.05) is 6.07 Å². The smallest absolute Gasteiger partial charge is 0.161 e. The van der Waals surface area contributed by atoms with Gasteiger partial charge in [-0.15, -0.1) is 0 Å². The van der Waals surface area contributed by atoms with Crippen LogP contribution in [0.1, 0.15) is 17.4 Å². The SMILES string of the molecule is CN(C)c1nccnc1[C@H]1CN(Cc2ccc3c(c2)OCCO3)CCO1. The molecule has 1 aromatic carbocycles. The van der Waals surface area contributed by atoms with E-state index in [0.717, 1.165) is 42.6 Å². The van der Waals surface area contributed by atoms with Crippen molar-refractivity contribution in [3.8, 4) is 11.5 Å². The summed E-state index contributed by atoms with van der Waals surface area (Å²) in [7, 11) is 3.95. The molecule has 0 unspecified atom stereocenters. The highest BCUT2D eigenvalue weighted by atomic mass is 16.6. The quantitative estimate of drug-likeness (QED) is 0.829. The molecular formula is C19H24N4O3. The number of ether oxygens (including phenoxy) is 3. The molecule has 2 aliphatic rings. The molecule has 0 spiro atoms. The second-order valence-corrected chi connectivity index (χ2v) is 6.73. The number of nitrogens with zero attached hydrogens (tertiary/aromatic N) is 4. The maximum absolute atomic E-state index is 6.00. The first-order valence-electron chi connectivity index (χ1n) is 8.91. The Labute approximate surface area is 153 Å². The summed E-state index contributed by atoms with van der Waals surface area (Å²) < 4.78 is 17.3. The van der Waals surface area contributed by atoms with Crippen LogP contribution in [0.3, 0.4) is 0 Å². The number of rotatable bonds is 4. The molecule has 1 fully saturated rings. The highest BCUT2D eigenvalue weighted by molar-refractivity contribution is 5.44. The molecule has 4 rings (SSSR count). The van der Waals surface area contributed by atoms with Crippen molar-refractivity contribution in [2.75, 3.05) is 51.9 Å². The molecule has 0 N–H and O–H groups in total. The highest BCUT2D eigenvalue weighted by Gasteiger charge is 2.26. The lowest BCUT2D eigenvalue weighted by molar-refractivity contribution is -0.0348. The zero-order chi connectivity index (χ0) is 17.9. The van der Waals surface area contributed by atoms with Crippen LogP contribution >= 0.6 is 0 Å². The van der Waals surface area contributed by atoms with Gasteiger partial charge in [0, 0.05) is 46.1 Å². The van der Waals surface area contributed by atoms with Crippen LogP contribution in [0.25, 0.3) is 0 Å². The van der Waals surface area contributed by atoms with Crippen LogP contribution < -0.4 is 14.4 Å². The predicted octanol–water partition coefficient (Wildman–Crippen LogP) is 1.89. The second-order valence-electron chi connectivity index (χ2n) is 6.73. The third-order valence-electron chi connectivity index (χ3n) is 4.60. The summed E-state index contributed by atoms with van der Waals surface area (Å²) in [4.78, 5) is 13.3. The van der Waals surface area contributed by atoms with Crippen molar-refractivity contribution in [3.05, 3.63) is 41.9 Å². The summed E-state index contributed by atoms with van der Waals surface area (Å²) in [6, 6.07) is 6.17. The highest BCUT2D eigenvalue weighted by Crippen LogP contribution is 2.32. The summed E-state index contributed by atoms with van der Waals surface area (Å²) >= 11 is 0. The van der Waals surface area contributed by atoms with E-state index in [1.165, 1.54) is 5.56 Å². The lowest BCUT2D eigenvalue weighted by atomic mass is 10.1. The van der Waals surface area contributed by atoms with Gasteiger partial charge in [0.25, 0.3) is 0 Å². The van der Waals surface area contributed by atoms with Crippen molar-refractivity contribution >= 4 is 5.82 Å². The van der Waals surface area contributed by atoms with Crippen molar-refractivity contribution in [2.24, 2.45) is 0 Å². The minimum Gasteiger partial charge on any atom is -0.486 e. The van der Waals surface area contributed by atoms with Gasteiger partial charge < -0.3 is 19.1 Å². The molecule has 2 aromatic rings. The topological polar surface area (TPSA) is 60.0 Å². The largest absolute Gasteiger partial charge is 0.486 e. The maximum atomic E-state index is 6.00. The Morgan fingerprint density at radius 1 is 1.08 bits per heavy atom. The average Bonchev–Trinajstić information content (AvgIpc) is 2.68. The van der Waals surface area contributed by atoms with Gasteiger partial charge in [-0.05, 0) is 17.7 Å². The first-order chi connectivity index (χ1) is 12.7. The zero-order valence-corrected chi connectivity index (χ0v) is 15.2. The van der Waals surface area contributed by atoms with E-state index in [-0.39, 0.29) is 6.10 Å². The Kier molecular flexibility index (Phi) is 4.90. The van der Waals surface area contributed by atoms with Crippen LogP contribution in [0.15, 0.2) is 30.6 Å². The van der Waals surface area contributed by atoms with Gasteiger partial charge in [-0.3, -0.25) is 9.88 Å². The predicted molar refractivity (Wildman–Crippen MR) is 97.8 cm³/mol. The molecule has 1 aromatic heterocycles. The van der Waals surface area contributed by atoms with Crippen LogP contribution in [-0.4, -0.2) is 61.9 Å². The van der Waals surface area contributed by atoms with Gasteiger partial charge in [0.1, 0.15) is 25.0 Å². The van der Waals surface area contributed by atoms with Gasteiger partial charge in [-0.2, -0.15) is 0 Å². The molecule has 0 bridgehead atoms. The molecule has 7 nitrogen and oxygen atoms in total. The van der Waals surface area contributed by atoms with E-state index in [2.05, 4.69) is 27.0 Å². The summed E-state index contributed by atoms with van der Waals surface area (Å²) in [5, 5.41) is 0. The Bertz CT molecular complexity index is 768. The molecule has 7 heteroatoms. The standard InChI is InChI=1S/C19H24N4O3/c1-22(2)19-18(20-5-6-21-19)17-13-23(7-8-24-17)12-14-3-4-15-16(11-14)26-10-9-25-15/h3-6,11,17H,7-10,12-13H2,1-2H3/t17-/m1/s1. The number of anilines is 1. The van der Waals surface area contributed by atoms with E-state index in [9.17, 15) is 0 Å². The number of fused-ring (bicyclic) bond motifs is 1. The summed E-state index contributed by atoms with van der Waals surface area (Å²) in [6.45, 7) is 4.42. The van der Waals surface area contributed by atoms with Gasteiger partial charge in [0.15, 0.2) is 17.3 Å². The van der Waals surface area contributed by atoms with Crippen molar-refractivity contribution in [2.45, 2.75) is 12.6 Å². The molecular weight excluding hydrogens is 332 g/mol. The number of hydrogen-bond acceptors (Lipinski definition) is 7. The van der Waals surface area contributed by atoms with Crippen molar-refractivity contribution in [1.29, 1.82) is 0 Å². The Morgan fingerprint density at radius 3 is 2.73 bits per heavy atom.